The van der Waals surface area contributed by atoms with E-state index in [-0.39, 0.29) is 30.5 Å². The van der Waals surface area contributed by atoms with Crippen molar-refractivity contribution in [1.82, 2.24) is 5.01 Å². The third kappa shape index (κ3) is 5.86. The Bertz CT molecular complexity index is 1070. The second-order valence-corrected chi connectivity index (χ2v) is 7.69. The van der Waals surface area contributed by atoms with Crippen LogP contribution in [0.1, 0.15) is 37.8 Å². The number of nitrogens with zero attached hydrogens (tertiary/aromatic N) is 2. The summed E-state index contributed by atoms with van der Waals surface area (Å²) in [7, 11) is 1.56. The molecule has 2 amide bonds. The Morgan fingerprint density at radius 2 is 1.85 bits per heavy atom. The van der Waals surface area contributed by atoms with Crippen LogP contribution in [-0.4, -0.2) is 42.4 Å². The van der Waals surface area contributed by atoms with Gasteiger partial charge < -0.3 is 14.8 Å². The molecular weight excluding hydrogens is 451 g/mol. The maximum Gasteiger partial charge on any atom is 0.471 e. The Morgan fingerprint density at radius 3 is 2.44 bits per heavy atom. The van der Waals surface area contributed by atoms with Crippen molar-refractivity contribution in [2.24, 2.45) is 11.0 Å². The van der Waals surface area contributed by atoms with Gasteiger partial charge in [0.2, 0.25) is 5.91 Å². The Hall–Kier alpha value is -3.56. The van der Waals surface area contributed by atoms with Gasteiger partial charge in [-0.25, -0.2) is 5.01 Å². The molecule has 1 heterocycles. The minimum absolute atomic E-state index is 0.00738. The maximum absolute atomic E-state index is 12.7. The van der Waals surface area contributed by atoms with Crippen molar-refractivity contribution in [3.05, 3.63) is 53.6 Å². The van der Waals surface area contributed by atoms with Crippen LogP contribution in [-0.2, 0) is 16.1 Å². The molecule has 1 aliphatic heterocycles. The van der Waals surface area contributed by atoms with E-state index < -0.39 is 12.1 Å². The first-order valence-electron chi connectivity index (χ1n) is 10.8. The number of alkyl halides is 3. The first-order valence-corrected chi connectivity index (χ1v) is 10.8. The first-order chi connectivity index (χ1) is 16.2. The minimum Gasteiger partial charge on any atom is -0.493 e. The van der Waals surface area contributed by atoms with Crippen molar-refractivity contribution in [1.29, 1.82) is 0 Å². The number of nitrogens with one attached hydrogen (secondary N) is 1. The summed E-state index contributed by atoms with van der Waals surface area (Å²) < 4.78 is 48.3. The fourth-order valence-corrected chi connectivity index (χ4v) is 3.61. The summed E-state index contributed by atoms with van der Waals surface area (Å²) in [6, 6.07) is 11.3. The average molecular weight is 477 g/mol. The molecular formula is C24H26F3N3O4. The molecule has 1 atom stereocenters. The van der Waals surface area contributed by atoms with Crippen LogP contribution in [0.15, 0.2) is 47.6 Å². The summed E-state index contributed by atoms with van der Waals surface area (Å²) in [4.78, 5) is 23.8. The number of anilines is 1. The smallest absolute Gasteiger partial charge is 0.471 e. The van der Waals surface area contributed by atoms with E-state index in [1.807, 2.05) is 26.0 Å². The monoisotopic (exact) mass is 477 g/mol. The lowest BCUT2D eigenvalue weighted by atomic mass is 9.89. The van der Waals surface area contributed by atoms with Gasteiger partial charge in [0.25, 0.3) is 0 Å². The van der Waals surface area contributed by atoms with Crippen molar-refractivity contribution < 1.29 is 32.2 Å². The molecule has 1 aliphatic rings. The van der Waals surface area contributed by atoms with Crippen molar-refractivity contribution in [2.45, 2.75) is 39.4 Å². The highest BCUT2D eigenvalue weighted by atomic mass is 19.4. The van der Waals surface area contributed by atoms with E-state index in [4.69, 9.17) is 9.47 Å². The van der Waals surface area contributed by atoms with Gasteiger partial charge in [-0.2, -0.15) is 18.3 Å². The van der Waals surface area contributed by atoms with Crippen molar-refractivity contribution in [3.63, 3.8) is 0 Å². The number of carbonyl (C=O) groups excluding carboxylic acids is 2. The van der Waals surface area contributed by atoms with Crippen molar-refractivity contribution in [3.8, 4) is 11.5 Å². The highest BCUT2D eigenvalue weighted by Crippen LogP contribution is 2.32. The fraction of sp³-hybridized carbons (Fsp3) is 0.375. The first kappa shape index (κ1) is 25.1. The summed E-state index contributed by atoms with van der Waals surface area (Å²) in [5.74, 6) is -1.08. The Labute approximate surface area is 195 Å². The number of carbonyl (C=O) groups is 2. The topological polar surface area (TPSA) is 80.2 Å². The van der Waals surface area contributed by atoms with Crippen LogP contribution in [0.3, 0.4) is 0 Å². The molecule has 1 N–H and O–H groups in total. The van der Waals surface area contributed by atoms with Gasteiger partial charge in [0.15, 0.2) is 11.5 Å². The second kappa shape index (κ2) is 10.6. The predicted molar refractivity (Wildman–Crippen MR) is 121 cm³/mol. The van der Waals surface area contributed by atoms with E-state index >= 15 is 0 Å². The highest BCUT2D eigenvalue weighted by molar-refractivity contribution is 6.06. The predicted octanol–water partition coefficient (Wildman–Crippen LogP) is 4.76. The van der Waals surface area contributed by atoms with Crippen LogP contribution in [0.25, 0.3) is 0 Å². The molecule has 2 aromatic carbocycles. The quantitative estimate of drug-likeness (QED) is 0.595. The van der Waals surface area contributed by atoms with Crippen LogP contribution >= 0.6 is 0 Å². The van der Waals surface area contributed by atoms with Crippen molar-refractivity contribution in [2.75, 3.05) is 19.0 Å². The van der Waals surface area contributed by atoms with Crippen LogP contribution in [0, 0.1) is 5.92 Å². The van der Waals surface area contributed by atoms with E-state index in [1.54, 1.807) is 30.6 Å². The molecule has 0 spiro atoms. The molecule has 0 saturated carbocycles. The van der Waals surface area contributed by atoms with E-state index in [2.05, 4.69) is 5.10 Å². The molecule has 0 saturated heterocycles. The summed E-state index contributed by atoms with van der Waals surface area (Å²) in [6.07, 6.45) is -3.96. The number of methoxy groups -OCH3 is 1. The molecule has 10 heteroatoms. The second-order valence-electron chi connectivity index (χ2n) is 7.69. The van der Waals surface area contributed by atoms with E-state index in [0.717, 1.165) is 17.7 Å². The molecule has 0 fully saturated rings. The highest BCUT2D eigenvalue weighted by Gasteiger charge is 2.38. The minimum atomic E-state index is -4.97. The van der Waals surface area contributed by atoms with Gasteiger partial charge >= 0.3 is 12.1 Å². The molecule has 0 aromatic heterocycles. The van der Waals surface area contributed by atoms with Crippen LogP contribution in [0.5, 0.6) is 11.5 Å². The number of hydrogen-bond donors (Lipinski definition) is 1. The largest absolute Gasteiger partial charge is 0.493 e. The van der Waals surface area contributed by atoms with Crippen LogP contribution in [0.2, 0.25) is 0 Å². The zero-order valence-corrected chi connectivity index (χ0v) is 19.1. The molecule has 34 heavy (non-hydrogen) atoms. The lowest BCUT2D eigenvalue weighted by molar-refractivity contribution is -0.167. The van der Waals surface area contributed by atoms with Gasteiger partial charge in [-0.15, -0.1) is 0 Å². The number of amides is 2. The third-order valence-corrected chi connectivity index (χ3v) is 5.38. The van der Waals surface area contributed by atoms with Crippen LogP contribution < -0.4 is 14.8 Å². The molecule has 0 aliphatic carbocycles. The van der Waals surface area contributed by atoms with Gasteiger partial charge in [0.1, 0.15) is 0 Å². The lowest BCUT2D eigenvalue weighted by Crippen LogP contribution is -2.36. The maximum atomic E-state index is 12.7. The standard InChI is InChI=1S/C24H26F3N3O4/c1-4-16-13-21(31)30(14-15-6-9-18(10-7-15)28-23(32)24(25,26)27)29-22(16)17-8-11-19(33-3)20(12-17)34-5-2/h6-12,16H,4-5,13-14H2,1-3H3,(H,28,32). The zero-order valence-electron chi connectivity index (χ0n) is 19.1. The molecule has 3 rings (SSSR count). The number of hydrazone groups is 1. The number of rotatable bonds is 8. The lowest BCUT2D eigenvalue weighted by Gasteiger charge is -2.29. The van der Waals surface area contributed by atoms with E-state index in [0.29, 0.717) is 23.7 Å². The SMILES string of the molecule is CCOc1cc(C2=NN(Cc3ccc(NC(=O)C(F)(F)F)cc3)C(=O)CC2CC)ccc1OC. The molecule has 0 radical (unpaired) electrons. The average Bonchev–Trinajstić information content (AvgIpc) is 2.81. The van der Waals surface area contributed by atoms with Crippen molar-refractivity contribution >= 4 is 23.2 Å². The molecule has 0 bridgehead atoms. The third-order valence-electron chi connectivity index (χ3n) is 5.38. The normalized spacial score (nSPS) is 16.2. The number of halogens is 3. The summed E-state index contributed by atoms with van der Waals surface area (Å²) >= 11 is 0. The zero-order chi connectivity index (χ0) is 24.9. The van der Waals surface area contributed by atoms with Gasteiger partial charge in [-0.05, 0) is 49.2 Å². The van der Waals surface area contributed by atoms with E-state index in [1.165, 1.54) is 17.1 Å². The van der Waals surface area contributed by atoms with E-state index in [9.17, 15) is 22.8 Å². The number of benzene rings is 2. The van der Waals surface area contributed by atoms with Gasteiger partial charge in [-0.3, -0.25) is 9.59 Å². The summed E-state index contributed by atoms with van der Waals surface area (Å²) in [6.45, 7) is 4.47. The molecule has 1 unspecified atom stereocenters. The Kier molecular flexibility index (Phi) is 7.80. The summed E-state index contributed by atoms with van der Waals surface area (Å²) in [5.41, 5.74) is 2.23. The Balaban J connectivity index is 1.83. The van der Waals surface area contributed by atoms with Crippen LogP contribution in [0.4, 0.5) is 18.9 Å². The number of hydrogen-bond acceptors (Lipinski definition) is 5. The number of ether oxygens (including phenoxy) is 2. The molecule has 7 nitrogen and oxygen atoms in total. The van der Waals surface area contributed by atoms with Gasteiger partial charge in [0, 0.05) is 23.6 Å². The van der Waals surface area contributed by atoms with Gasteiger partial charge in [0.05, 0.1) is 26.0 Å². The summed E-state index contributed by atoms with van der Waals surface area (Å²) in [5, 5.41) is 7.78. The Morgan fingerprint density at radius 1 is 1.15 bits per heavy atom. The molecule has 2 aromatic rings. The fourth-order valence-electron chi connectivity index (χ4n) is 3.61. The van der Waals surface area contributed by atoms with Gasteiger partial charge in [-0.1, -0.05) is 19.1 Å². The molecule has 182 valence electrons.